The number of Topliss-reactive ketones (excluding diaryl/α,β-unsaturated/α-hetero) is 1. The molecule has 0 amide bonds. The van der Waals surface area contributed by atoms with Crippen LogP contribution in [0.2, 0.25) is 0 Å². The topological polar surface area (TPSA) is 47.9 Å². The quantitative estimate of drug-likeness (QED) is 0.190. The molecule has 0 spiro atoms. The lowest BCUT2D eigenvalue weighted by atomic mass is 9.89. The number of hydrogen-bond acceptors (Lipinski definition) is 4. The van der Waals surface area contributed by atoms with Crippen LogP contribution in [0.1, 0.15) is 79.1 Å². The van der Waals surface area contributed by atoms with E-state index >= 15 is 0 Å². The van der Waals surface area contributed by atoms with Gasteiger partial charge in [0.1, 0.15) is 12.4 Å². The Balaban J connectivity index is 1.61. The molecule has 0 unspecified atom stereocenters. The number of carbonyl (C=O) groups is 1. The second-order valence-corrected chi connectivity index (χ2v) is 8.78. The van der Waals surface area contributed by atoms with Crippen molar-refractivity contribution in [3.05, 3.63) is 101 Å². The first-order valence-electron chi connectivity index (χ1n) is 11.5. The van der Waals surface area contributed by atoms with E-state index in [1.54, 1.807) is 12.1 Å². The highest BCUT2D eigenvalue weighted by Gasteiger charge is 2.14. The molecule has 3 aromatic carbocycles. The lowest BCUT2D eigenvalue weighted by Gasteiger charge is -2.18. The fourth-order valence-corrected chi connectivity index (χ4v) is 3.77. The van der Waals surface area contributed by atoms with Gasteiger partial charge in [-0.15, -0.1) is 0 Å². The number of nitrogens with zero attached hydrogens (tertiary/aromatic N) is 1. The monoisotopic (exact) mass is 443 g/mol. The van der Waals surface area contributed by atoms with Gasteiger partial charge in [-0.2, -0.15) is 0 Å². The Morgan fingerprint density at radius 1 is 0.788 bits per heavy atom. The first-order valence-corrected chi connectivity index (χ1v) is 11.5. The Morgan fingerprint density at radius 2 is 1.39 bits per heavy atom. The molecule has 0 aliphatic rings. The highest BCUT2D eigenvalue weighted by Crippen LogP contribution is 2.28. The smallest absolute Gasteiger partial charge is 0.200 e. The van der Waals surface area contributed by atoms with Crippen molar-refractivity contribution in [2.24, 2.45) is 5.16 Å². The summed E-state index contributed by atoms with van der Waals surface area (Å²) in [4.78, 5) is 18.0. The van der Waals surface area contributed by atoms with E-state index < -0.39 is 0 Å². The van der Waals surface area contributed by atoms with Crippen LogP contribution in [0.15, 0.2) is 78.0 Å². The van der Waals surface area contributed by atoms with Gasteiger partial charge in [-0.3, -0.25) is 4.79 Å². The molecule has 4 nitrogen and oxygen atoms in total. The van der Waals surface area contributed by atoms with Crippen molar-refractivity contribution in [3.8, 4) is 5.75 Å². The molecule has 33 heavy (non-hydrogen) atoms. The van der Waals surface area contributed by atoms with Crippen molar-refractivity contribution in [2.75, 3.05) is 6.61 Å². The van der Waals surface area contributed by atoms with Crippen LogP contribution in [-0.4, -0.2) is 18.1 Å². The number of rotatable bonds is 10. The molecule has 0 aromatic heterocycles. The molecule has 172 valence electrons. The molecule has 0 fully saturated rings. The van der Waals surface area contributed by atoms with Gasteiger partial charge < -0.3 is 9.57 Å². The van der Waals surface area contributed by atoms with Crippen molar-refractivity contribution in [3.63, 3.8) is 0 Å². The molecule has 3 aromatic rings. The van der Waals surface area contributed by atoms with Crippen LogP contribution >= 0.6 is 0 Å². The molecular weight excluding hydrogens is 410 g/mol. The van der Waals surface area contributed by atoms with E-state index in [4.69, 9.17) is 9.57 Å². The van der Waals surface area contributed by atoms with Gasteiger partial charge in [-0.05, 0) is 65.3 Å². The standard InChI is InChI=1S/C29H33NO3/c1-20(2)26-12-9-13-27(21(3)4)28(26)18-33-30-22(5)23-14-16-25(17-15-23)32-19-29(31)24-10-7-6-8-11-24/h6-17,20-21H,18-19H2,1-5H3/b30-22+. The first kappa shape index (κ1) is 24.2. The molecule has 3 rings (SSSR count). The van der Waals surface area contributed by atoms with E-state index in [0.29, 0.717) is 29.8 Å². The predicted molar refractivity (Wildman–Crippen MR) is 134 cm³/mol. The summed E-state index contributed by atoms with van der Waals surface area (Å²) in [5, 5.41) is 4.36. The van der Waals surface area contributed by atoms with Gasteiger partial charge in [0.05, 0.1) is 5.71 Å². The molecule has 0 heterocycles. The summed E-state index contributed by atoms with van der Waals surface area (Å²) < 4.78 is 5.65. The third kappa shape index (κ3) is 6.55. The molecule has 0 aliphatic carbocycles. The summed E-state index contributed by atoms with van der Waals surface area (Å²) in [7, 11) is 0. The third-order valence-corrected chi connectivity index (χ3v) is 5.64. The summed E-state index contributed by atoms with van der Waals surface area (Å²) in [6.07, 6.45) is 0. The molecule has 0 bridgehead atoms. The van der Waals surface area contributed by atoms with Crippen LogP contribution in [-0.2, 0) is 11.4 Å². The van der Waals surface area contributed by atoms with Gasteiger partial charge in [-0.1, -0.05) is 81.4 Å². The van der Waals surface area contributed by atoms with Crippen LogP contribution in [0.4, 0.5) is 0 Å². The number of hydrogen-bond donors (Lipinski definition) is 0. The number of oxime groups is 1. The minimum absolute atomic E-state index is 0.00693. The Hall–Kier alpha value is -3.40. The second-order valence-electron chi connectivity index (χ2n) is 8.78. The maximum atomic E-state index is 12.2. The van der Waals surface area contributed by atoms with Gasteiger partial charge >= 0.3 is 0 Å². The minimum atomic E-state index is -0.0479. The Kier molecular flexibility index (Phi) is 8.42. The van der Waals surface area contributed by atoms with Crippen LogP contribution in [0, 0.1) is 0 Å². The zero-order valence-corrected chi connectivity index (χ0v) is 20.2. The highest BCUT2D eigenvalue weighted by atomic mass is 16.6. The fourth-order valence-electron chi connectivity index (χ4n) is 3.77. The maximum absolute atomic E-state index is 12.2. The molecule has 0 N–H and O–H groups in total. The largest absolute Gasteiger partial charge is 0.485 e. The number of ether oxygens (including phenoxy) is 1. The van der Waals surface area contributed by atoms with Gasteiger partial charge in [0.2, 0.25) is 0 Å². The van der Waals surface area contributed by atoms with E-state index in [1.807, 2.05) is 49.4 Å². The van der Waals surface area contributed by atoms with E-state index in [0.717, 1.165) is 11.3 Å². The van der Waals surface area contributed by atoms with Gasteiger partial charge in [0.25, 0.3) is 0 Å². The van der Waals surface area contributed by atoms with Crippen molar-refractivity contribution < 1.29 is 14.4 Å². The van der Waals surface area contributed by atoms with E-state index in [-0.39, 0.29) is 12.4 Å². The third-order valence-electron chi connectivity index (χ3n) is 5.64. The summed E-state index contributed by atoms with van der Waals surface area (Å²) in [5.41, 5.74) is 6.22. The molecule has 0 saturated heterocycles. The second kappa shape index (κ2) is 11.5. The first-order chi connectivity index (χ1) is 15.9. The highest BCUT2D eigenvalue weighted by molar-refractivity contribution is 5.98. The van der Waals surface area contributed by atoms with Crippen molar-refractivity contribution in [1.29, 1.82) is 0 Å². The van der Waals surface area contributed by atoms with E-state index in [1.165, 1.54) is 16.7 Å². The normalized spacial score (nSPS) is 11.7. The average Bonchev–Trinajstić information content (AvgIpc) is 2.83. The average molecular weight is 444 g/mol. The number of ketones is 1. The van der Waals surface area contributed by atoms with E-state index in [2.05, 4.69) is 51.0 Å². The number of benzene rings is 3. The molecule has 4 heteroatoms. The lowest BCUT2D eigenvalue weighted by molar-refractivity contribution is 0.0921. The molecular formula is C29H33NO3. The van der Waals surface area contributed by atoms with Crippen LogP contribution in [0.5, 0.6) is 5.75 Å². The fraction of sp³-hybridized carbons (Fsp3) is 0.310. The van der Waals surface area contributed by atoms with Crippen molar-refractivity contribution in [1.82, 2.24) is 0 Å². The Morgan fingerprint density at radius 3 is 1.97 bits per heavy atom. The maximum Gasteiger partial charge on any atom is 0.200 e. The van der Waals surface area contributed by atoms with Gasteiger partial charge in [-0.25, -0.2) is 0 Å². The Bertz CT molecular complexity index is 1060. The molecule has 0 saturated carbocycles. The van der Waals surface area contributed by atoms with Crippen LogP contribution < -0.4 is 4.74 Å². The van der Waals surface area contributed by atoms with Crippen molar-refractivity contribution in [2.45, 2.75) is 53.1 Å². The number of carbonyl (C=O) groups excluding carboxylic acids is 1. The molecule has 0 atom stereocenters. The summed E-state index contributed by atoms with van der Waals surface area (Å²) >= 11 is 0. The zero-order chi connectivity index (χ0) is 23.8. The SMILES string of the molecule is C/C(=N\OCc1c(C(C)C)cccc1C(C)C)c1ccc(OCC(=O)c2ccccc2)cc1. The zero-order valence-electron chi connectivity index (χ0n) is 20.2. The van der Waals surface area contributed by atoms with Gasteiger partial charge in [0.15, 0.2) is 12.4 Å². The Labute approximate surface area is 197 Å². The van der Waals surface area contributed by atoms with Gasteiger partial charge in [0, 0.05) is 5.56 Å². The predicted octanol–water partition coefficient (Wildman–Crippen LogP) is 7.14. The van der Waals surface area contributed by atoms with Crippen LogP contribution in [0.3, 0.4) is 0 Å². The van der Waals surface area contributed by atoms with Crippen molar-refractivity contribution >= 4 is 11.5 Å². The van der Waals surface area contributed by atoms with E-state index in [9.17, 15) is 4.79 Å². The summed E-state index contributed by atoms with van der Waals surface area (Å²) in [5.74, 6) is 1.44. The molecule has 0 radical (unpaired) electrons. The molecule has 0 aliphatic heterocycles. The van der Waals surface area contributed by atoms with Crippen LogP contribution in [0.25, 0.3) is 0 Å². The minimum Gasteiger partial charge on any atom is -0.485 e. The lowest BCUT2D eigenvalue weighted by Crippen LogP contribution is -2.11. The summed E-state index contributed by atoms with van der Waals surface area (Å²) in [6, 6.07) is 23.2. The summed E-state index contributed by atoms with van der Waals surface area (Å²) in [6.45, 7) is 11.2.